The highest BCUT2D eigenvalue weighted by Gasteiger charge is 2.14. The van der Waals surface area contributed by atoms with E-state index in [1.807, 2.05) is 24.3 Å². The smallest absolute Gasteiger partial charge is 0.310 e. The Balaban J connectivity index is 1.77. The van der Waals surface area contributed by atoms with E-state index in [-0.39, 0.29) is 0 Å². The molecule has 4 nitrogen and oxygen atoms in total. The summed E-state index contributed by atoms with van der Waals surface area (Å²) in [6.07, 6.45) is 2.16. The van der Waals surface area contributed by atoms with Crippen LogP contribution in [0.15, 0.2) is 24.3 Å². The van der Waals surface area contributed by atoms with Crippen LogP contribution >= 0.6 is 0 Å². The Morgan fingerprint density at radius 2 is 2.00 bits per heavy atom. The number of carbonyl (C=O) groups is 1. The van der Waals surface area contributed by atoms with Gasteiger partial charge in [-0.3, -0.25) is 4.79 Å². The fourth-order valence-electron chi connectivity index (χ4n) is 2.30. The molecular weight excluding hydrogens is 256 g/mol. The maximum atomic E-state index is 10.9. The van der Waals surface area contributed by atoms with Gasteiger partial charge in [0.1, 0.15) is 0 Å². The number of rotatable bonds is 6. The average Bonchev–Trinajstić information content (AvgIpc) is 2.48. The minimum absolute atomic E-state index is 0.466. The van der Waals surface area contributed by atoms with E-state index in [1.54, 1.807) is 6.92 Å². The van der Waals surface area contributed by atoms with E-state index >= 15 is 0 Å². The van der Waals surface area contributed by atoms with Crippen LogP contribution in [0.1, 0.15) is 36.8 Å². The monoisotopic (exact) mass is 278 g/mol. The second-order valence-corrected chi connectivity index (χ2v) is 5.37. The van der Waals surface area contributed by atoms with Crippen molar-refractivity contribution in [3.63, 3.8) is 0 Å². The maximum Gasteiger partial charge on any atom is 0.310 e. The highest BCUT2D eigenvalue weighted by Crippen LogP contribution is 2.18. The second-order valence-electron chi connectivity index (χ2n) is 5.37. The molecule has 0 saturated carbocycles. The predicted molar refractivity (Wildman–Crippen MR) is 75.7 cm³/mol. The molecule has 1 aromatic carbocycles. The Hall–Kier alpha value is -1.39. The molecule has 0 bridgehead atoms. The summed E-state index contributed by atoms with van der Waals surface area (Å²) >= 11 is 0. The SMILES string of the molecule is CC(C(=O)O)c1ccc(COCC2CCOCC2)cc1. The molecule has 1 N–H and O–H groups in total. The third kappa shape index (κ3) is 4.32. The lowest BCUT2D eigenvalue weighted by Crippen LogP contribution is -2.20. The number of carboxylic acids is 1. The first-order chi connectivity index (χ1) is 9.66. The number of benzene rings is 1. The summed E-state index contributed by atoms with van der Waals surface area (Å²) in [6.45, 7) is 4.74. The molecule has 1 heterocycles. The normalized spacial score (nSPS) is 17.9. The van der Waals surface area contributed by atoms with Gasteiger partial charge in [0.05, 0.1) is 19.1 Å². The Morgan fingerprint density at radius 1 is 1.35 bits per heavy atom. The first-order valence-electron chi connectivity index (χ1n) is 7.14. The minimum atomic E-state index is -0.798. The van der Waals surface area contributed by atoms with Crippen molar-refractivity contribution >= 4 is 5.97 Å². The van der Waals surface area contributed by atoms with E-state index in [0.29, 0.717) is 12.5 Å². The van der Waals surface area contributed by atoms with E-state index < -0.39 is 11.9 Å². The fourth-order valence-corrected chi connectivity index (χ4v) is 2.30. The predicted octanol–water partition coefficient (Wildman–Crippen LogP) is 2.82. The Morgan fingerprint density at radius 3 is 2.60 bits per heavy atom. The Kier molecular flexibility index (Phi) is 5.56. The van der Waals surface area contributed by atoms with Crippen molar-refractivity contribution in [1.82, 2.24) is 0 Å². The van der Waals surface area contributed by atoms with Crippen LogP contribution in [0, 0.1) is 5.92 Å². The molecule has 0 aromatic heterocycles. The van der Waals surface area contributed by atoms with E-state index in [4.69, 9.17) is 14.6 Å². The van der Waals surface area contributed by atoms with Crippen molar-refractivity contribution in [2.75, 3.05) is 19.8 Å². The molecule has 1 unspecified atom stereocenters. The van der Waals surface area contributed by atoms with Crippen LogP contribution in [0.25, 0.3) is 0 Å². The molecule has 1 aromatic rings. The third-order valence-electron chi connectivity index (χ3n) is 3.81. The Labute approximate surface area is 119 Å². The van der Waals surface area contributed by atoms with Gasteiger partial charge >= 0.3 is 5.97 Å². The summed E-state index contributed by atoms with van der Waals surface area (Å²) in [5.41, 5.74) is 1.91. The van der Waals surface area contributed by atoms with Crippen molar-refractivity contribution < 1.29 is 19.4 Å². The number of hydrogen-bond acceptors (Lipinski definition) is 3. The van der Waals surface area contributed by atoms with Crippen molar-refractivity contribution in [2.24, 2.45) is 5.92 Å². The topological polar surface area (TPSA) is 55.8 Å². The summed E-state index contributed by atoms with van der Waals surface area (Å²) in [7, 11) is 0. The maximum absolute atomic E-state index is 10.9. The number of hydrogen-bond donors (Lipinski definition) is 1. The summed E-state index contributed by atoms with van der Waals surface area (Å²) in [4.78, 5) is 10.9. The van der Waals surface area contributed by atoms with E-state index in [0.717, 1.165) is 43.8 Å². The highest BCUT2D eigenvalue weighted by molar-refractivity contribution is 5.75. The fraction of sp³-hybridized carbons (Fsp3) is 0.562. The van der Waals surface area contributed by atoms with Gasteiger partial charge in [0, 0.05) is 13.2 Å². The Bertz CT molecular complexity index is 421. The zero-order valence-electron chi connectivity index (χ0n) is 11.9. The average molecular weight is 278 g/mol. The van der Waals surface area contributed by atoms with Crippen molar-refractivity contribution in [3.05, 3.63) is 35.4 Å². The first-order valence-corrected chi connectivity index (χ1v) is 7.14. The van der Waals surface area contributed by atoms with Crippen molar-refractivity contribution in [3.8, 4) is 0 Å². The zero-order chi connectivity index (χ0) is 14.4. The van der Waals surface area contributed by atoms with Gasteiger partial charge < -0.3 is 14.6 Å². The lowest BCUT2D eigenvalue weighted by Gasteiger charge is -2.21. The summed E-state index contributed by atoms with van der Waals surface area (Å²) in [6, 6.07) is 7.62. The lowest BCUT2D eigenvalue weighted by atomic mass is 10.00. The van der Waals surface area contributed by atoms with E-state index in [9.17, 15) is 4.79 Å². The van der Waals surface area contributed by atoms with Gasteiger partial charge in [0.25, 0.3) is 0 Å². The van der Waals surface area contributed by atoms with Crippen LogP contribution in [-0.4, -0.2) is 30.9 Å². The molecule has 1 aliphatic heterocycles. The molecule has 0 radical (unpaired) electrons. The standard InChI is InChI=1S/C16H22O4/c1-12(16(17)18)15-4-2-13(3-5-15)10-20-11-14-6-8-19-9-7-14/h2-5,12,14H,6-11H2,1H3,(H,17,18). The molecule has 1 saturated heterocycles. The lowest BCUT2D eigenvalue weighted by molar-refractivity contribution is -0.138. The number of ether oxygens (including phenoxy) is 2. The highest BCUT2D eigenvalue weighted by atomic mass is 16.5. The van der Waals surface area contributed by atoms with Crippen LogP contribution in [-0.2, 0) is 20.9 Å². The molecule has 1 atom stereocenters. The molecular formula is C16H22O4. The molecule has 20 heavy (non-hydrogen) atoms. The molecule has 110 valence electrons. The molecule has 0 amide bonds. The van der Waals surface area contributed by atoms with Crippen molar-refractivity contribution in [2.45, 2.75) is 32.3 Å². The van der Waals surface area contributed by atoms with Gasteiger partial charge in [-0.25, -0.2) is 0 Å². The van der Waals surface area contributed by atoms with Crippen molar-refractivity contribution in [1.29, 1.82) is 0 Å². The van der Waals surface area contributed by atoms with E-state index in [2.05, 4.69) is 0 Å². The molecule has 2 rings (SSSR count). The van der Waals surface area contributed by atoms with Gasteiger partial charge in [-0.05, 0) is 36.8 Å². The third-order valence-corrected chi connectivity index (χ3v) is 3.81. The quantitative estimate of drug-likeness (QED) is 0.869. The summed E-state index contributed by atoms with van der Waals surface area (Å²) < 4.78 is 11.1. The van der Waals surface area contributed by atoms with Crippen LogP contribution in [0.4, 0.5) is 0 Å². The van der Waals surface area contributed by atoms with Crippen LogP contribution in [0.3, 0.4) is 0 Å². The number of carboxylic acid groups (broad SMARTS) is 1. The minimum Gasteiger partial charge on any atom is -0.481 e. The van der Waals surface area contributed by atoms with Gasteiger partial charge in [0.2, 0.25) is 0 Å². The van der Waals surface area contributed by atoms with Gasteiger partial charge in [-0.1, -0.05) is 24.3 Å². The molecule has 4 heteroatoms. The van der Waals surface area contributed by atoms with Crippen LogP contribution in [0.2, 0.25) is 0 Å². The zero-order valence-corrected chi connectivity index (χ0v) is 11.9. The van der Waals surface area contributed by atoms with E-state index in [1.165, 1.54) is 0 Å². The van der Waals surface area contributed by atoms with Crippen LogP contribution in [0.5, 0.6) is 0 Å². The second kappa shape index (κ2) is 7.41. The number of aliphatic carboxylic acids is 1. The molecule has 0 spiro atoms. The molecule has 1 aliphatic rings. The largest absolute Gasteiger partial charge is 0.481 e. The van der Waals surface area contributed by atoms with Gasteiger partial charge in [-0.2, -0.15) is 0 Å². The summed E-state index contributed by atoms with van der Waals surface area (Å²) in [5, 5.41) is 8.96. The van der Waals surface area contributed by atoms with Gasteiger partial charge in [0.15, 0.2) is 0 Å². The first kappa shape index (κ1) is 15.0. The summed E-state index contributed by atoms with van der Waals surface area (Å²) in [5.74, 6) is -0.657. The molecule has 0 aliphatic carbocycles. The molecule has 1 fully saturated rings. The van der Waals surface area contributed by atoms with Crippen LogP contribution < -0.4 is 0 Å². The van der Waals surface area contributed by atoms with Gasteiger partial charge in [-0.15, -0.1) is 0 Å².